The summed E-state index contributed by atoms with van der Waals surface area (Å²) in [6.07, 6.45) is 1.27. The van der Waals surface area contributed by atoms with Crippen LogP contribution in [-0.2, 0) is 24.4 Å². The molecule has 23 heavy (non-hydrogen) atoms. The highest BCUT2D eigenvalue weighted by atomic mass is 32.2. The molecule has 2 fully saturated rings. The summed E-state index contributed by atoms with van der Waals surface area (Å²) in [7, 11) is -3.75. The molecule has 130 valence electrons. The van der Waals surface area contributed by atoms with E-state index in [-0.39, 0.29) is 56.0 Å². The maximum absolute atomic E-state index is 12.6. The lowest BCUT2D eigenvalue weighted by Gasteiger charge is -2.29. The van der Waals surface area contributed by atoms with E-state index in [4.69, 9.17) is 11.5 Å². The first-order chi connectivity index (χ1) is 10.8. The van der Waals surface area contributed by atoms with Crippen LogP contribution in [0.1, 0.15) is 32.1 Å². The second-order valence-electron chi connectivity index (χ2n) is 5.88. The molecule has 0 unspecified atom stereocenters. The minimum atomic E-state index is -3.75. The molecule has 0 aliphatic carbocycles. The Bertz CT molecular complexity index is 589. The number of carbonyl (C=O) groups is 3. The second-order valence-corrected chi connectivity index (χ2v) is 7.87. The van der Waals surface area contributed by atoms with Gasteiger partial charge >= 0.3 is 0 Å². The molecule has 2 aliphatic rings. The molecule has 0 spiro atoms. The van der Waals surface area contributed by atoms with Crippen LogP contribution in [0.15, 0.2) is 0 Å². The number of imide groups is 1. The van der Waals surface area contributed by atoms with E-state index in [2.05, 4.69) is 0 Å². The van der Waals surface area contributed by atoms with Crippen molar-refractivity contribution in [2.45, 2.75) is 44.2 Å². The third kappa shape index (κ3) is 3.88. The van der Waals surface area contributed by atoms with E-state index in [0.717, 1.165) is 4.90 Å². The first kappa shape index (κ1) is 17.8. The minimum Gasteiger partial charge on any atom is -0.370 e. The zero-order valence-electron chi connectivity index (χ0n) is 12.8. The number of primary amides is 1. The highest BCUT2D eigenvalue weighted by molar-refractivity contribution is 7.89. The summed E-state index contributed by atoms with van der Waals surface area (Å²) in [5, 5.41) is 0. The van der Waals surface area contributed by atoms with Gasteiger partial charge in [0.2, 0.25) is 27.7 Å². The van der Waals surface area contributed by atoms with Crippen LogP contribution >= 0.6 is 0 Å². The lowest BCUT2D eigenvalue weighted by Crippen LogP contribution is -2.48. The fourth-order valence-electron chi connectivity index (χ4n) is 3.22. The molecular formula is C13H22N4O5S. The van der Waals surface area contributed by atoms with Gasteiger partial charge in [-0.2, -0.15) is 4.31 Å². The maximum Gasteiger partial charge on any atom is 0.229 e. The number of amides is 3. The highest BCUT2D eigenvalue weighted by Gasteiger charge is 2.42. The van der Waals surface area contributed by atoms with Crippen molar-refractivity contribution in [1.82, 2.24) is 9.21 Å². The number of hydrogen-bond donors (Lipinski definition) is 2. The van der Waals surface area contributed by atoms with Gasteiger partial charge in [0.05, 0.1) is 5.75 Å². The van der Waals surface area contributed by atoms with Gasteiger partial charge in [-0.1, -0.05) is 0 Å². The molecule has 0 bridgehead atoms. The lowest BCUT2D eigenvalue weighted by molar-refractivity contribution is -0.138. The Morgan fingerprint density at radius 3 is 2.22 bits per heavy atom. The quantitative estimate of drug-likeness (QED) is 0.517. The van der Waals surface area contributed by atoms with Gasteiger partial charge < -0.3 is 11.5 Å². The van der Waals surface area contributed by atoms with Crippen LogP contribution in [0.4, 0.5) is 0 Å². The minimum absolute atomic E-state index is 0.0582. The number of likely N-dealkylation sites (tertiary alicyclic amines) is 1. The van der Waals surface area contributed by atoms with E-state index >= 15 is 0 Å². The second kappa shape index (κ2) is 6.93. The summed E-state index contributed by atoms with van der Waals surface area (Å²) in [6.45, 7) is -0.0207. The highest BCUT2D eigenvalue weighted by Crippen LogP contribution is 2.29. The molecule has 0 radical (unpaired) electrons. The predicted molar refractivity (Wildman–Crippen MR) is 81.3 cm³/mol. The molecule has 10 heteroatoms. The fraction of sp³-hybridized carbons (Fsp3) is 0.769. The largest absolute Gasteiger partial charge is 0.370 e. The Labute approximate surface area is 135 Å². The Kier molecular flexibility index (Phi) is 5.37. The van der Waals surface area contributed by atoms with Gasteiger partial charge in [0.15, 0.2) is 0 Å². The van der Waals surface area contributed by atoms with E-state index < -0.39 is 22.0 Å². The molecule has 2 atom stereocenters. The van der Waals surface area contributed by atoms with Gasteiger partial charge in [-0.05, 0) is 12.8 Å². The summed E-state index contributed by atoms with van der Waals surface area (Å²) < 4.78 is 26.5. The van der Waals surface area contributed by atoms with E-state index in [1.165, 1.54) is 4.31 Å². The molecule has 0 aromatic rings. The Morgan fingerprint density at radius 2 is 1.70 bits per heavy atom. The van der Waals surface area contributed by atoms with Crippen LogP contribution in [0.25, 0.3) is 0 Å². The monoisotopic (exact) mass is 346 g/mol. The number of sulfonamides is 1. The first-order valence-corrected chi connectivity index (χ1v) is 9.20. The first-order valence-electron chi connectivity index (χ1n) is 7.59. The molecule has 0 aromatic heterocycles. The van der Waals surface area contributed by atoms with Crippen molar-refractivity contribution >= 4 is 27.7 Å². The number of nitrogens with zero attached hydrogens (tertiary/aromatic N) is 2. The topological polar surface area (TPSA) is 144 Å². The summed E-state index contributed by atoms with van der Waals surface area (Å²) in [6, 6.07) is -0.884. The van der Waals surface area contributed by atoms with Crippen LogP contribution in [0.2, 0.25) is 0 Å². The Balaban J connectivity index is 2.10. The zero-order valence-corrected chi connectivity index (χ0v) is 13.6. The van der Waals surface area contributed by atoms with Crippen molar-refractivity contribution in [3.8, 4) is 0 Å². The van der Waals surface area contributed by atoms with E-state index in [0.29, 0.717) is 12.8 Å². The molecule has 2 heterocycles. The SMILES string of the molecule is NC[C@@H]1CC[C@H](CC(N)=O)N1S(=O)(=O)CCN1C(=O)CCC1=O. The van der Waals surface area contributed by atoms with Gasteiger partial charge in [-0.25, -0.2) is 8.42 Å². The molecule has 9 nitrogen and oxygen atoms in total. The van der Waals surface area contributed by atoms with Crippen LogP contribution in [0.5, 0.6) is 0 Å². The third-order valence-corrected chi connectivity index (χ3v) is 6.25. The zero-order chi connectivity index (χ0) is 17.2. The average Bonchev–Trinajstić information content (AvgIpc) is 3.01. The van der Waals surface area contributed by atoms with Crippen LogP contribution in [0, 0.1) is 0 Å². The van der Waals surface area contributed by atoms with Crippen LogP contribution in [-0.4, -0.2) is 66.3 Å². The van der Waals surface area contributed by atoms with E-state index in [1.54, 1.807) is 0 Å². The van der Waals surface area contributed by atoms with Crippen LogP contribution in [0.3, 0.4) is 0 Å². The van der Waals surface area contributed by atoms with Gasteiger partial charge in [-0.15, -0.1) is 0 Å². The molecule has 0 aromatic carbocycles. The summed E-state index contributed by atoms with van der Waals surface area (Å²) in [4.78, 5) is 35.3. The molecular weight excluding hydrogens is 324 g/mol. The molecule has 2 rings (SSSR count). The van der Waals surface area contributed by atoms with E-state index in [9.17, 15) is 22.8 Å². The summed E-state index contributed by atoms with van der Waals surface area (Å²) in [5.41, 5.74) is 10.8. The van der Waals surface area contributed by atoms with Crippen LogP contribution < -0.4 is 11.5 Å². The van der Waals surface area contributed by atoms with Gasteiger partial charge in [0.25, 0.3) is 0 Å². The Morgan fingerprint density at radius 1 is 1.13 bits per heavy atom. The molecule has 2 aliphatic heterocycles. The standard InChI is InChI=1S/C13H22N4O5S/c14-8-10-2-1-9(7-11(15)18)17(10)23(21,22)6-5-16-12(19)3-4-13(16)20/h9-10H,1-8,14H2,(H2,15,18)/t9-,10+/m1/s1. The summed E-state index contributed by atoms with van der Waals surface area (Å²) in [5.74, 6) is -1.64. The lowest BCUT2D eigenvalue weighted by atomic mass is 10.1. The van der Waals surface area contributed by atoms with Gasteiger partial charge in [0.1, 0.15) is 0 Å². The normalized spacial score (nSPS) is 26.2. The Hall–Kier alpha value is -1.52. The van der Waals surface area contributed by atoms with E-state index in [1.807, 2.05) is 0 Å². The predicted octanol–water partition coefficient (Wildman–Crippen LogP) is -1.87. The number of rotatable bonds is 7. The average molecular weight is 346 g/mol. The third-order valence-electron chi connectivity index (χ3n) is 4.31. The molecule has 2 saturated heterocycles. The van der Waals surface area contributed by atoms with Gasteiger partial charge in [-0.3, -0.25) is 19.3 Å². The van der Waals surface area contributed by atoms with Crippen molar-refractivity contribution in [1.29, 1.82) is 0 Å². The number of nitrogens with two attached hydrogens (primary N) is 2. The van der Waals surface area contributed by atoms with Crippen molar-refractivity contribution in [2.24, 2.45) is 11.5 Å². The van der Waals surface area contributed by atoms with Crippen molar-refractivity contribution in [3.05, 3.63) is 0 Å². The fourth-order valence-corrected chi connectivity index (χ4v) is 5.13. The smallest absolute Gasteiger partial charge is 0.229 e. The van der Waals surface area contributed by atoms with Crippen molar-refractivity contribution in [3.63, 3.8) is 0 Å². The maximum atomic E-state index is 12.6. The molecule has 3 amide bonds. The number of carbonyl (C=O) groups excluding carboxylic acids is 3. The van der Waals surface area contributed by atoms with Crippen molar-refractivity contribution in [2.75, 3.05) is 18.8 Å². The molecule has 4 N–H and O–H groups in total. The van der Waals surface area contributed by atoms with Gasteiger partial charge in [0, 0.05) is 44.4 Å². The number of hydrogen-bond acceptors (Lipinski definition) is 6. The molecule has 0 saturated carbocycles. The summed E-state index contributed by atoms with van der Waals surface area (Å²) >= 11 is 0. The van der Waals surface area contributed by atoms with Crippen molar-refractivity contribution < 1.29 is 22.8 Å².